The van der Waals surface area contributed by atoms with Crippen LogP contribution in [0.2, 0.25) is 5.02 Å². The average Bonchev–Trinajstić information content (AvgIpc) is 2.47. The van der Waals surface area contributed by atoms with Gasteiger partial charge >= 0.3 is 0 Å². The molecule has 0 saturated carbocycles. The molecule has 0 bridgehead atoms. The molecule has 1 aromatic carbocycles. The lowest BCUT2D eigenvalue weighted by Crippen LogP contribution is -2.21. The number of hydrogen-bond acceptors (Lipinski definition) is 3. The minimum absolute atomic E-state index is 0.0169. The number of aliphatic imine (C=N–C) groups is 1. The molecule has 0 aliphatic carbocycles. The Morgan fingerprint density at radius 1 is 1.52 bits per heavy atom. The van der Waals surface area contributed by atoms with Crippen LogP contribution in [0.5, 0.6) is 0 Å². The zero-order chi connectivity index (χ0) is 15.6. The van der Waals surface area contributed by atoms with Gasteiger partial charge < -0.3 is 5.73 Å². The van der Waals surface area contributed by atoms with Crippen LogP contribution < -0.4 is 5.73 Å². The van der Waals surface area contributed by atoms with E-state index in [1.807, 2.05) is 6.92 Å². The van der Waals surface area contributed by atoms with Crippen molar-refractivity contribution in [3.05, 3.63) is 46.3 Å². The fraction of sp³-hybridized carbons (Fsp3) is 0.267. The number of allylic oxidation sites excluding steroid dienone is 1. The maximum Gasteiger partial charge on any atom is 0.269 e. The van der Waals surface area contributed by atoms with Gasteiger partial charge in [-0.3, -0.25) is 9.59 Å². The first kappa shape index (κ1) is 15.5. The monoisotopic (exact) mass is 308 g/mol. The molecule has 0 spiro atoms. The lowest BCUT2D eigenvalue weighted by Gasteiger charge is -2.16. The van der Waals surface area contributed by atoms with Gasteiger partial charge in [0.05, 0.1) is 16.5 Å². The average molecular weight is 309 g/mol. The van der Waals surface area contributed by atoms with Gasteiger partial charge in [-0.15, -0.1) is 0 Å². The van der Waals surface area contributed by atoms with Crippen LogP contribution >= 0.6 is 11.6 Å². The molecule has 1 unspecified atom stereocenters. The smallest absolute Gasteiger partial charge is 0.269 e. The third-order valence-electron chi connectivity index (χ3n) is 3.32. The number of Topliss-reactive ketones (excluding diaryl/α,β-unsaturated/α-hetero) is 1. The lowest BCUT2D eigenvalue weighted by atomic mass is 9.93. The van der Waals surface area contributed by atoms with Gasteiger partial charge in [0.1, 0.15) is 5.82 Å². The highest BCUT2D eigenvalue weighted by atomic mass is 35.5. The molecule has 0 radical (unpaired) electrons. The Morgan fingerprint density at radius 2 is 2.24 bits per heavy atom. The van der Waals surface area contributed by atoms with Crippen molar-refractivity contribution < 1.29 is 14.0 Å². The van der Waals surface area contributed by atoms with Crippen molar-refractivity contribution in [2.45, 2.75) is 19.4 Å². The molecule has 4 nitrogen and oxygen atoms in total. The molecule has 1 aliphatic rings. The molecule has 2 atom stereocenters. The van der Waals surface area contributed by atoms with E-state index in [1.165, 1.54) is 30.5 Å². The number of rotatable bonds is 4. The second-order valence-corrected chi connectivity index (χ2v) is 5.11. The zero-order valence-electron chi connectivity index (χ0n) is 11.3. The number of benzene rings is 1. The summed E-state index contributed by atoms with van der Waals surface area (Å²) in [6, 6.07) is 2.43. The highest BCUT2D eigenvalue weighted by Gasteiger charge is 2.26. The Morgan fingerprint density at radius 3 is 2.81 bits per heavy atom. The normalized spacial score (nSPS) is 18.9. The van der Waals surface area contributed by atoms with E-state index in [0.29, 0.717) is 6.42 Å². The fourth-order valence-corrected chi connectivity index (χ4v) is 2.29. The number of carbonyl (C=O) groups excluding carboxylic acids is 2. The predicted octanol–water partition coefficient (Wildman–Crippen LogP) is 2.86. The largest absolute Gasteiger partial charge is 0.324 e. The van der Waals surface area contributed by atoms with E-state index in [1.54, 1.807) is 0 Å². The fourth-order valence-electron chi connectivity index (χ4n) is 2.05. The zero-order valence-corrected chi connectivity index (χ0v) is 12.1. The molecular weight excluding hydrogens is 295 g/mol. The number of hydrogen-bond donors (Lipinski definition) is 1. The SMILES string of the molecule is CC[C@@H](N)c1ccc(Cl)c(C(=O)C2C=CC(=O)N=C2)c1F. The molecule has 1 heterocycles. The maximum atomic E-state index is 14.5. The second kappa shape index (κ2) is 6.28. The van der Waals surface area contributed by atoms with Gasteiger partial charge in [0.2, 0.25) is 0 Å². The van der Waals surface area contributed by atoms with E-state index in [4.69, 9.17) is 17.3 Å². The van der Waals surface area contributed by atoms with Crippen LogP contribution in [-0.4, -0.2) is 17.9 Å². The van der Waals surface area contributed by atoms with Gasteiger partial charge in [-0.2, -0.15) is 0 Å². The van der Waals surface area contributed by atoms with Crippen LogP contribution in [0.3, 0.4) is 0 Å². The van der Waals surface area contributed by atoms with Crippen molar-refractivity contribution in [2.75, 3.05) is 0 Å². The number of halogens is 2. The highest BCUT2D eigenvalue weighted by Crippen LogP contribution is 2.29. The molecule has 0 saturated heterocycles. The summed E-state index contributed by atoms with van der Waals surface area (Å²) < 4.78 is 14.5. The summed E-state index contributed by atoms with van der Waals surface area (Å²) >= 11 is 5.95. The topological polar surface area (TPSA) is 72.5 Å². The van der Waals surface area contributed by atoms with Gasteiger partial charge in [0, 0.05) is 23.9 Å². The van der Waals surface area contributed by atoms with Crippen LogP contribution in [0, 0.1) is 11.7 Å². The quantitative estimate of drug-likeness (QED) is 0.869. The van der Waals surface area contributed by atoms with E-state index in [2.05, 4.69) is 4.99 Å². The Hall–Kier alpha value is -1.85. The number of ketones is 1. The summed E-state index contributed by atoms with van der Waals surface area (Å²) in [5.74, 6) is -2.51. The van der Waals surface area contributed by atoms with Crippen molar-refractivity contribution in [3.8, 4) is 0 Å². The summed E-state index contributed by atoms with van der Waals surface area (Å²) in [6.45, 7) is 1.82. The number of nitrogens with zero attached hydrogens (tertiary/aromatic N) is 1. The first-order valence-electron chi connectivity index (χ1n) is 6.49. The lowest BCUT2D eigenvalue weighted by molar-refractivity contribution is -0.113. The molecule has 2 rings (SSSR count). The third-order valence-corrected chi connectivity index (χ3v) is 3.63. The van der Waals surface area contributed by atoms with E-state index < -0.39 is 29.5 Å². The molecule has 0 fully saturated rings. The Kier molecular flexibility index (Phi) is 4.65. The Bertz CT molecular complexity index is 639. The van der Waals surface area contributed by atoms with Crippen LogP contribution in [0.25, 0.3) is 0 Å². The van der Waals surface area contributed by atoms with E-state index in [0.717, 1.165) is 0 Å². The first-order valence-corrected chi connectivity index (χ1v) is 6.87. The maximum absolute atomic E-state index is 14.5. The number of dihydropyridines is 1. The first-order chi connectivity index (χ1) is 9.95. The van der Waals surface area contributed by atoms with E-state index >= 15 is 0 Å². The summed E-state index contributed by atoms with van der Waals surface area (Å²) in [4.78, 5) is 26.9. The van der Waals surface area contributed by atoms with Crippen molar-refractivity contribution in [1.82, 2.24) is 0 Å². The number of amides is 1. The van der Waals surface area contributed by atoms with Crippen LogP contribution in [0.4, 0.5) is 4.39 Å². The van der Waals surface area contributed by atoms with Gasteiger partial charge in [-0.1, -0.05) is 30.7 Å². The molecule has 1 amide bonds. The predicted molar refractivity (Wildman–Crippen MR) is 79.1 cm³/mol. The number of nitrogens with two attached hydrogens (primary N) is 1. The molecule has 110 valence electrons. The van der Waals surface area contributed by atoms with Gasteiger partial charge in [0.25, 0.3) is 5.91 Å². The molecule has 1 aromatic rings. The molecular formula is C15H14ClFN2O2. The van der Waals surface area contributed by atoms with Crippen molar-refractivity contribution in [1.29, 1.82) is 0 Å². The summed E-state index contributed by atoms with van der Waals surface area (Å²) in [6.07, 6.45) is 4.27. The van der Waals surface area contributed by atoms with Gasteiger partial charge in [0.15, 0.2) is 5.78 Å². The molecule has 1 aliphatic heterocycles. The van der Waals surface area contributed by atoms with Gasteiger partial charge in [-0.05, 0) is 12.5 Å². The minimum atomic E-state index is -0.803. The highest BCUT2D eigenvalue weighted by molar-refractivity contribution is 6.34. The van der Waals surface area contributed by atoms with Crippen LogP contribution in [-0.2, 0) is 4.79 Å². The standard InChI is InChI=1S/C15H14ClFN2O2/c1-2-11(18)9-4-5-10(16)13(14(9)17)15(21)8-3-6-12(20)19-7-8/h3-8,11H,2,18H2,1H3/t8?,11-/m1/s1. The van der Waals surface area contributed by atoms with Crippen molar-refractivity contribution in [2.24, 2.45) is 16.6 Å². The van der Waals surface area contributed by atoms with Crippen LogP contribution in [0.1, 0.15) is 35.3 Å². The molecule has 21 heavy (non-hydrogen) atoms. The Balaban J connectivity index is 2.43. The second-order valence-electron chi connectivity index (χ2n) is 4.71. The van der Waals surface area contributed by atoms with Crippen LogP contribution in [0.15, 0.2) is 29.3 Å². The summed E-state index contributed by atoms with van der Waals surface area (Å²) in [5, 5.41) is 0.0169. The van der Waals surface area contributed by atoms with Crippen molar-refractivity contribution >= 4 is 29.5 Å². The Labute approximate surface area is 126 Å². The minimum Gasteiger partial charge on any atom is -0.324 e. The van der Waals surface area contributed by atoms with E-state index in [-0.39, 0.29) is 16.1 Å². The van der Waals surface area contributed by atoms with E-state index in [9.17, 15) is 14.0 Å². The molecule has 0 aromatic heterocycles. The third kappa shape index (κ3) is 3.09. The summed E-state index contributed by atoms with van der Waals surface area (Å²) in [5.41, 5.74) is 5.87. The molecule has 2 N–H and O–H groups in total. The summed E-state index contributed by atoms with van der Waals surface area (Å²) in [7, 11) is 0. The number of carbonyl (C=O) groups is 2. The van der Waals surface area contributed by atoms with Gasteiger partial charge in [-0.25, -0.2) is 9.38 Å². The molecule has 6 heteroatoms. The van der Waals surface area contributed by atoms with Crippen molar-refractivity contribution in [3.63, 3.8) is 0 Å².